The maximum atomic E-state index is 10.6. The largest absolute Gasteiger partial charge is 0.462 e. The summed E-state index contributed by atoms with van der Waals surface area (Å²) in [6.07, 6.45) is 11.8. The maximum absolute atomic E-state index is 10.6. The average molecular weight is 246 g/mol. The Bertz CT molecular complexity index is 407. The zero-order valence-electron chi connectivity index (χ0n) is 11.7. The van der Waals surface area contributed by atoms with Gasteiger partial charge in [-0.05, 0) is 26.8 Å². The quantitative estimate of drug-likeness (QED) is 0.520. The Kier molecular flexibility index (Phi) is 8.29. The minimum Gasteiger partial charge on any atom is -0.462 e. The van der Waals surface area contributed by atoms with Crippen molar-refractivity contribution in [1.82, 2.24) is 0 Å². The lowest BCUT2D eigenvalue weighted by atomic mass is 10.2. The predicted octanol–water partition coefficient (Wildman–Crippen LogP) is 4.13. The van der Waals surface area contributed by atoms with Gasteiger partial charge < -0.3 is 4.74 Å². The van der Waals surface area contributed by atoms with Crippen molar-refractivity contribution in [3.8, 4) is 0 Å². The second kappa shape index (κ2) is 9.23. The fourth-order valence-electron chi connectivity index (χ4n) is 1.04. The number of rotatable bonds is 6. The van der Waals surface area contributed by atoms with Gasteiger partial charge in [0.2, 0.25) is 0 Å². The van der Waals surface area contributed by atoms with Crippen LogP contribution in [0.1, 0.15) is 27.7 Å². The Balaban J connectivity index is 4.25. The van der Waals surface area contributed by atoms with Gasteiger partial charge in [-0.3, -0.25) is 4.79 Å². The maximum Gasteiger partial charge on any atom is 0.302 e. The van der Waals surface area contributed by atoms with E-state index < -0.39 is 0 Å². The zero-order valence-corrected chi connectivity index (χ0v) is 11.7. The molecule has 2 nitrogen and oxygen atoms in total. The molecule has 0 aliphatic carbocycles. The summed E-state index contributed by atoms with van der Waals surface area (Å²) >= 11 is 0. The molecule has 0 spiro atoms. The van der Waals surface area contributed by atoms with Crippen LogP contribution in [0.15, 0.2) is 59.8 Å². The van der Waals surface area contributed by atoms with E-state index in [0.717, 1.165) is 16.7 Å². The van der Waals surface area contributed by atoms with Crippen molar-refractivity contribution in [2.75, 3.05) is 6.61 Å². The molecule has 18 heavy (non-hydrogen) atoms. The van der Waals surface area contributed by atoms with Gasteiger partial charge >= 0.3 is 5.97 Å². The number of hydrogen-bond acceptors (Lipinski definition) is 2. The number of ether oxygens (including phenoxy) is 1. The van der Waals surface area contributed by atoms with E-state index in [4.69, 9.17) is 4.74 Å². The second-order valence-electron chi connectivity index (χ2n) is 4.20. The molecular formula is C16H22O2. The lowest BCUT2D eigenvalue weighted by Gasteiger charge is -1.96. The van der Waals surface area contributed by atoms with Crippen LogP contribution in [0, 0.1) is 0 Å². The van der Waals surface area contributed by atoms with E-state index in [0.29, 0.717) is 6.61 Å². The van der Waals surface area contributed by atoms with E-state index in [9.17, 15) is 4.79 Å². The molecule has 0 aliphatic heterocycles. The predicted molar refractivity (Wildman–Crippen MR) is 77.2 cm³/mol. The molecule has 0 heterocycles. The van der Waals surface area contributed by atoms with Crippen molar-refractivity contribution in [2.24, 2.45) is 0 Å². The molecule has 0 aromatic rings. The van der Waals surface area contributed by atoms with Gasteiger partial charge in [0.15, 0.2) is 0 Å². The average Bonchev–Trinajstić information content (AvgIpc) is 2.25. The summed E-state index contributed by atoms with van der Waals surface area (Å²) in [6.45, 7) is 11.5. The molecule has 0 N–H and O–H groups in total. The van der Waals surface area contributed by atoms with Gasteiger partial charge in [0, 0.05) is 6.92 Å². The van der Waals surface area contributed by atoms with Gasteiger partial charge in [0.25, 0.3) is 0 Å². The highest BCUT2D eigenvalue weighted by Gasteiger charge is 1.88. The first-order valence-electron chi connectivity index (χ1n) is 5.90. The highest BCUT2D eigenvalue weighted by molar-refractivity contribution is 5.66. The summed E-state index contributed by atoms with van der Waals surface area (Å²) in [6, 6.07) is 0. The van der Waals surface area contributed by atoms with Crippen LogP contribution in [0.3, 0.4) is 0 Å². The van der Waals surface area contributed by atoms with Crippen LogP contribution in [0.4, 0.5) is 0 Å². The highest BCUT2D eigenvalue weighted by Crippen LogP contribution is 2.01. The highest BCUT2D eigenvalue weighted by atomic mass is 16.5. The van der Waals surface area contributed by atoms with E-state index in [-0.39, 0.29) is 5.97 Å². The molecule has 0 rings (SSSR count). The summed E-state index contributed by atoms with van der Waals surface area (Å²) in [5, 5.41) is 0. The van der Waals surface area contributed by atoms with Crippen LogP contribution in [-0.2, 0) is 9.53 Å². The van der Waals surface area contributed by atoms with E-state index in [1.54, 1.807) is 0 Å². The van der Waals surface area contributed by atoms with Crippen molar-refractivity contribution in [2.45, 2.75) is 27.7 Å². The number of carbonyl (C=O) groups is 1. The minimum absolute atomic E-state index is 0.260. The zero-order chi connectivity index (χ0) is 14.0. The summed E-state index contributed by atoms with van der Waals surface area (Å²) in [4.78, 5) is 10.6. The molecule has 0 aliphatic rings. The summed E-state index contributed by atoms with van der Waals surface area (Å²) < 4.78 is 4.82. The van der Waals surface area contributed by atoms with Crippen molar-refractivity contribution < 1.29 is 9.53 Å². The van der Waals surface area contributed by atoms with Crippen molar-refractivity contribution in [3.63, 3.8) is 0 Å². The van der Waals surface area contributed by atoms with Crippen LogP contribution in [0.2, 0.25) is 0 Å². The van der Waals surface area contributed by atoms with E-state index in [1.807, 2.05) is 57.2 Å². The Morgan fingerprint density at radius 2 is 1.72 bits per heavy atom. The summed E-state index contributed by atoms with van der Waals surface area (Å²) in [7, 11) is 0. The van der Waals surface area contributed by atoms with Gasteiger partial charge in [-0.1, -0.05) is 53.7 Å². The second-order valence-corrected chi connectivity index (χ2v) is 4.20. The molecule has 0 unspecified atom stereocenters. The third-order valence-electron chi connectivity index (χ3n) is 2.04. The normalized spacial score (nSPS) is 13.3. The monoisotopic (exact) mass is 246 g/mol. The Hall–Kier alpha value is -1.83. The van der Waals surface area contributed by atoms with E-state index in [2.05, 4.69) is 6.58 Å². The van der Waals surface area contributed by atoms with Crippen LogP contribution in [-0.4, -0.2) is 12.6 Å². The standard InChI is InChI=1S/C16H22O2/c1-13(2)9-10-14(3)7-6-8-15(4)11-12-18-16(5)17/h6-11H,1,12H2,2-5H3/b8-6+,10-9+,14-7-,15-11-. The smallest absolute Gasteiger partial charge is 0.302 e. The number of esters is 1. The van der Waals surface area contributed by atoms with Crippen LogP contribution < -0.4 is 0 Å². The van der Waals surface area contributed by atoms with Crippen molar-refractivity contribution in [3.05, 3.63) is 59.8 Å². The Morgan fingerprint density at radius 1 is 1.06 bits per heavy atom. The number of hydrogen-bond donors (Lipinski definition) is 0. The van der Waals surface area contributed by atoms with Gasteiger partial charge in [-0.15, -0.1) is 0 Å². The summed E-state index contributed by atoms with van der Waals surface area (Å²) in [5.74, 6) is -0.260. The van der Waals surface area contributed by atoms with E-state index >= 15 is 0 Å². The Morgan fingerprint density at radius 3 is 2.28 bits per heavy atom. The molecule has 2 heteroatoms. The molecule has 0 radical (unpaired) electrons. The first-order valence-corrected chi connectivity index (χ1v) is 5.90. The molecule has 0 atom stereocenters. The molecular weight excluding hydrogens is 224 g/mol. The SMILES string of the molecule is C=C(C)/C=C/C(C)=C\C=C\C(C)=C/COC(C)=O. The lowest BCUT2D eigenvalue weighted by Crippen LogP contribution is -1.97. The number of allylic oxidation sites excluding steroid dienone is 8. The minimum atomic E-state index is -0.260. The molecule has 0 bridgehead atoms. The number of carbonyl (C=O) groups excluding carboxylic acids is 1. The van der Waals surface area contributed by atoms with E-state index in [1.165, 1.54) is 6.92 Å². The molecule has 0 aromatic carbocycles. The van der Waals surface area contributed by atoms with Gasteiger partial charge in [-0.25, -0.2) is 0 Å². The van der Waals surface area contributed by atoms with Gasteiger partial charge in [0.1, 0.15) is 6.61 Å². The molecule has 0 fully saturated rings. The third-order valence-corrected chi connectivity index (χ3v) is 2.04. The molecule has 98 valence electrons. The first-order chi connectivity index (χ1) is 8.41. The fraction of sp³-hybridized carbons (Fsp3) is 0.312. The van der Waals surface area contributed by atoms with Crippen molar-refractivity contribution in [1.29, 1.82) is 0 Å². The van der Waals surface area contributed by atoms with Gasteiger partial charge in [-0.2, -0.15) is 0 Å². The van der Waals surface area contributed by atoms with Crippen LogP contribution >= 0.6 is 0 Å². The lowest BCUT2D eigenvalue weighted by molar-refractivity contribution is -0.139. The molecule has 0 amide bonds. The van der Waals surface area contributed by atoms with Gasteiger partial charge in [0.05, 0.1) is 0 Å². The third kappa shape index (κ3) is 10.7. The van der Waals surface area contributed by atoms with Crippen LogP contribution in [0.5, 0.6) is 0 Å². The first kappa shape index (κ1) is 16.2. The molecule has 0 aromatic heterocycles. The fourth-order valence-corrected chi connectivity index (χ4v) is 1.04. The molecule has 0 saturated heterocycles. The summed E-state index contributed by atoms with van der Waals surface area (Å²) in [5.41, 5.74) is 3.25. The van der Waals surface area contributed by atoms with Crippen LogP contribution in [0.25, 0.3) is 0 Å². The van der Waals surface area contributed by atoms with Crippen molar-refractivity contribution >= 4 is 5.97 Å². The topological polar surface area (TPSA) is 26.3 Å². The Labute approximate surface area is 110 Å². The molecule has 0 saturated carbocycles.